The van der Waals surface area contributed by atoms with Gasteiger partial charge in [-0.15, -0.1) is 0 Å². The van der Waals surface area contributed by atoms with Gasteiger partial charge in [0.2, 0.25) is 0 Å². The van der Waals surface area contributed by atoms with E-state index in [1.165, 1.54) is 0 Å². The molecule has 0 spiro atoms. The summed E-state index contributed by atoms with van der Waals surface area (Å²) < 4.78 is 0. The van der Waals surface area contributed by atoms with Crippen molar-refractivity contribution in [2.75, 3.05) is 17.3 Å². The van der Waals surface area contributed by atoms with Crippen LogP contribution >= 0.6 is 0 Å². The molecule has 0 saturated carbocycles. The Hall–Kier alpha value is -1.25. The Balaban J connectivity index is 0.000000605. The summed E-state index contributed by atoms with van der Waals surface area (Å²) in [5.74, 6) is 0. The molecule has 2 rings (SSSR count). The minimum absolute atomic E-state index is 0. The number of aryl methyl sites for hydroxylation is 1. The highest BCUT2D eigenvalue weighted by Crippen LogP contribution is 2.24. The van der Waals surface area contributed by atoms with E-state index in [9.17, 15) is 0 Å². The first-order valence-electron chi connectivity index (χ1n) is 3.30. The molecule has 0 aliphatic carbocycles. The van der Waals surface area contributed by atoms with E-state index >= 15 is 0 Å². The molecule has 3 heteroatoms. The summed E-state index contributed by atoms with van der Waals surface area (Å²) in [5.41, 5.74) is 3.31. The van der Waals surface area contributed by atoms with Gasteiger partial charge in [-0.1, -0.05) is 0 Å². The lowest BCUT2D eigenvalue weighted by Crippen LogP contribution is -1.98. The molecule has 0 saturated heterocycles. The van der Waals surface area contributed by atoms with Gasteiger partial charge in [0.25, 0.3) is 0 Å². The number of aromatic nitrogens is 1. The fourth-order valence-electron chi connectivity index (χ4n) is 1.08. The van der Waals surface area contributed by atoms with Crippen LogP contribution < -0.4 is 10.6 Å². The summed E-state index contributed by atoms with van der Waals surface area (Å²) in [7, 11) is 0. The third kappa shape index (κ3) is 0.708. The van der Waals surface area contributed by atoms with Crippen LogP contribution in [0.3, 0.4) is 0 Å². The molecule has 0 amide bonds. The van der Waals surface area contributed by atoms with Gasteiger partial charge in [0.15, 0.2) is 0 Å². The van der Waals surface area contributed by atoms with Crippen LogP contribution in [-0.2, 0) is 0 Å². The number of nitrogens with zero attached hydrogens (tertiary/aromatic N) is 1. The van der Waals surface area contributed by atoms with Crippen LogP contribution in [0, 0.1) is 6.92 Å². The van der Waals surface area contributed by atoms with E-state index in [4.69, 9.17) is 0 Å². The highest BCUT2D eigenvalue weighted by atomic mass is 15.1. The lowest BCUT2D eigenvalue weighted by Gasteiger charge is -1.96. The number of hydrogen-bond acceptors (Lipinski definition) is 3. The molecule has 1 aliphatic rings. The zero-order chi connectivity index (χ0) is 6.97. The van der Waals surface area contributed by atoms with Gasteiger partial charge in [-0.2, -0.15) is 0 Å². The Bertz CT molecular complexity index is 262. The molecule has 0 atom stereocenters. The van der Waals surface area contributed by atoms with Crippen molar-refractivity contribution in [3.05, 3.63) is 18.0 Å². The second kappa shape index (κ2) is 1.87. The van der Waals surface area contributed by atoms with Gasteiger partial charge in [0.05, 0.1) is 24.2 Å². The molecule has 3 nitrogen and oxygen atoms in total. The first-order valence-corrected chi connectivity index (χ1v) is 3.30. The fourth-order valence-corrected chi connectivity index (χ4v) is 1.08. The van der Waals surface area contributed by atoms with E-state index in [-0.39, 0.29) is 1.43 Å². The van der Waals surface area contributed by atoms with Crippen LogP contribution in [0.15, 0.2) is 12.3 Å². The molecule has 0 fully saturated rings. The summed E-state index contributed by atoms with van der Waals surface area (Å²) in [5, 5.41) is 6.34. The monoisotopic (exact) mass is 137 g/mol. The molecule has 0 bridgehead atoms. The lowest BCUT2D eigenvalue weighted by atomic mass is 10.3. The summed E-state index contributed by atoms with van der Waals surface area (Å²) in [6.45, 7) is 2.81. The van der Waals surface area contributed by atoms with E-state index in [1.54, 1.807) is 0 Å². The topological polar surface area (TPSA) is 37.0 Å². The third-order valence-electron chi connectivity index (χ3n) is 1.60. The molecule has 0 aromatic carbocycles. The van der Waals surface area contributed by atoms with Gasteiger partial charge in [0.1, 0.15) is 0 Å². The standard InChI is InChI=1S/C7H9N3.H2/c1-5-2-6-7(3-8-5)10-4-9-6;/h2-3,9-10H,4H2,1H3;1H. The van der Waals surface area contributed by atoms with Crippen molar-refractivity contribution in [1.82, 2.24) is 4.98 Å². The Kier molecular flexibility index (Phi) is 1.03. The molecule has 54 valence electrons. The maximum atomic E-state index is 4.15. The van der Waals surface area contributed by atoms with Gasteiger partial charge in [-0.25, -0.2) is 0 Å². The smallest absolute Gasteiger partial charge is 0.0851 e. The maximum absolute atomic E-state index is 4.15. The van der Waals surface area contributed by atoms with Crippen LogP contribution in [-0.4, -0.2) is 11.7 Å². The van der Waals surface area contributed by atoms with Crippen molar-refractivity contribution in [1.29, 1.82) is 0 Å². The zero-order valence-electron chi connectivity index (χ0n) is 5.81. The molecular formula is C7H11N3. The second-order valence-corrected chi connectivity index (χ2v) is 2.40. The van der Waals surface area contributed by atoms with E-state index in [1.807, 2.05) is 19.2 Å². The molecule has 10 heavy (non-hydrogen) atoms. The summed E-state index contributed by atoms with van der Waals surface area (Å²) in [4.78, 5) is 4.15. The first-order chi connectivity index (χ1) is 4.86. The number of rotatable bonds is 0. The zero-order valence-corrected chi connectivity index (χ0v) is 5.81. The predicted molar refractivity (Wildman–Crippen MR) is 43.2 cm³/mol. The number of anilines is 2. The van der Waals surface area contributed by atoms with Gasteiger partial charge >= 0.3 is 0 Å². The lowest BCUT2D eigenvalue weighted by molar-refractivity contribution is 1.21. The molecule has 2 heterocycles. The fraction of sp³-hybridized carbons (Fsp3) is 0.286. The number of hydrogen-bond donors (Lipinski definition) is 2. The first kappa shape index (κ1) is 5.53. The Morgan fingerprint density at radius 3 is 3.20 bits per heavy atom. The van der Waals surface area contributed by atoms with Crippen LogP contribution in [0.4, 0.5) is 11.4 Å². The Labute approximate surface area is 61.0 Å². The number of nitrogens with one attached hydrogen (secondary N) is 2. The average molecular weight is 137 g/mol. The van der Waals surface area contributed by atoms with Crippen molar-refractivity contribution in [2.24, 2.45) is 0 Å². The van der Waals surface area contributed by atoms with E-state index in [0.717, 1.165) is 23.7 Å². The van der Waals surface area contributed by atoms with Gasteiger partial charge < -0.3 is 10.6 Å². The second-order valence-electron chi connectivity index (χ2n) is 2.40. The minimum Gasteiger partial charge on any atom is -0.366 e. The SMILES string of the molecule is Cc1cc2c(cn1)NCN2.[HH]. The van der Waals surface area contributed by atoms with Crippen molar-refractivity contribution >= 4 is 11.4 Å². The highest BCUT2D eigenvalue weighted by molar-refractivity contribution is 5.72. The van der Waals surface area contributed by atoms with E-state index in [2.05, 4.69) is 15.6 Å². The Morgan fingerprint density at radius 2 is 2.30 bits per heavy atom. The maximum Gasteiger partial charge on any atom is 0.0851 e. The summed E-state index contributed by atoms with van der Waals surface area (Å²) in [6.07, 6.45) is 1.85. The molecule has 1 aromatic heterocycles. The third-order valence-corrected chi connectivity index (χ3v) is 1.60. The average Bonchev–Trinajstić information content (AvgIpc) is 2.33. The number of pyridine rings is 1. The van der Waals surface area contributed by atoms with Crippen LogP contribution in [0.2, 0.25) is 0 Å². The molecule has 2 N–H and O–H groups in total. The van der Waals surface area contributed by atoms with Crippen molar-refractivity contribution in [3.63, 3.8) is 0 Å². The van der Waals surface area contributed by atoms with Gasteiger partial charge in [-0.05, 0) is 13.0 Å². The molecule has 1 aromatic rings. The van der Waals surface area contributed by atoms with Crippen molar-refractivity contribution < 1.29 is 1.43 Å². The summed E-state index contributed by atoms with van der Waals surface area (Å²) >= 11 is 0. The largest absolute Gasteiger partial charge is 0.366 e. The van der Waals surface area contributed by atoms with Crippen LogP contribution in [0.25, 0.3) is 0 Å². The van der Waals surface area contributed by atoms with E-state index < -0.39 is 0 Å². The molecule has 1 aliphatic heterocycles. The minimum atomic E-state index is 0. The van der Waals surface area contributed by atoms with E-state index in [0.29, 0.717) is 0 Å². The molecular weight excluding hydrogens is 126 g/mol. The number of fused-ring (bicyclic) bond motifs is 1. The van der Waals surface area contributed by atoms with Gasteiger partial charge in [-0.3, -0.25) is 4.98 Å². The Morgan fingerprint density at radius 1 is 1.50 bits per heavy atom. The quantitative estimate of drug-likeness (QED) is 0.568. The predicted octanol–water partition coefficient (Wildman–Crippen LogP) is 1.43. The normalized spacial score (nSPS) is 13.7. The van der Waals surface area contributed by atoms with Crippen molar-refractivity contribution in [2.45, 2.75) is 6.92 Å². The van der Waals surface area contributed by atoms with Crippen LogP contribution in [0.5, 0.6) is 0 Å². The van der Waals surface area contributed by atoms with Crippen LogP contribution in [0.1, 0.15) is 7.12 Å². The summed E-state index contributed by atoms with van der Waals surface area (Å²) in [6, 6.07) is 2.04. The molecule has 0 unspecified atom stereocenters. The van der Waals surface area contributed by atoms with Gasteiger partial charge in [0, 0.05) is 7.12 Å². The van der Waals surface area contributed by atoms with Crippen molar-refractivity contribution in [3.8, 4) is 0 Å². The molecule has 0 radical (unpaired) electrons. The highest BCUT2D eigenvalue weighted by Gasteiger charge is 2.07.